The monoisotopic (exact) mass is 484 g/mol. The zero-order valence-electron chi connectivity index (χ0n) is 19.5. The molecule has 4 rings (SSSR count). The Morgan fingerprint density at radius 3 is 2.71 bits per heavy atom. The maximum atomic E-state index is 12.9. The van der Waals surface area contributed by atoms with E-state index in [-0.39, 0.29) is 28.6 Å². The number of nitrogens with zero attached hydrogens (tertiary/aromatic N) is 4. The minimum atomic E-state index is -1.29. The number of ether oxygens (including phenoxy) is 1. The molecule has 180 valence electrons. The number of pyridine rings is 2. The van der Waals surface area contributed by atoms with Crippen molar-refractivity contribution >= 4 is 39.9 Å². The summed E-state index contributed by atoms with van der Waals surface area (Å²) < 4.78 is 7.06. The number of thiazole rings is 1. The summed E-state index contributed by atoms with van der Waals surface area (Å²) in [6, 6.07) is 1.78. The van der Waals surface area contributed by atoms with Crippen molar-refractivity contribution in [1.29, 1.82) is 0 Å². The van der Waals surface area contributed by atoms with Crippen molar-refractivity contribution in [3.63, 3.8) is 0 Å². The number of ketones is 1. The number of anilines is 1. The van der Waals surface area contributed by atoms with E-state index in [0.717, 1.165) is 6.42 Å². The molecule has 10 heteroatoms. The van der Waals surface area contributed by atoms with Gasteiger partial charge in [0, 0.05) is 50.5 Å². The fourth-order valence-corrected chi connectivity index (χ4v) is 4.82. The highest BCUT2D eigenvalue weighted by atomic mass is 32.1. The predicted octanol–water partition coefficient (Wildman–Crippen LogP) is 3.31. The second-order valence-electron chi connectivity index (χ2n) is 8.56. The van der Waals surface area contributed by atoms with Gasteiger partial charge in [0.2, 0.25) is 5.43 Å². The lowest BCUT2D eigenvalue weighted by Gasteiger charge is -2.40. The zero-order valence-corrected chi connectivity index (χ0v) is 20.3. The summed E-state index contributed by atoms with van der Waals surface area (Å²) in [6.45, 7) is 8.18. The summed E-state index contributed by atoms with van der Waals surface area (Å²) in [5, 5.41) is 12.1. The third kappa shape index (κ3) is 4.60. The van der Waals surface area contributed by atoms with Gasteiger partial charge in [-0.15, -0.1) is 11.3 Å². The minimum absolute atomic E-state index is 0.0518. The molecule has 0 unspecified atom stereocenters. The van der Waals surface area contributed by atoms with Gasteiger partial charge >= 0.3 is 5.97 Å². The molecule has 0 aliphatic carbocycles. The van der Waals surface area contributed by atoms with Crippen LogP contribution < -0.4 is 10.3 Å². The summed E-state index contributed by atoms with van der Waals surface area (Å²) in [7, 11) is 0. The lowest BCUT2D eigenvalue weighted by molar-refractivity contribution is -0.125. The molecule has 1 saturated heterocycles. The van der Waals surface area contributed by atoms with E-state index in [0.29, 0.717) is 54.9 Å². The first-order chi connectivity index (χ1) is 16.3. The number of rotatable bonds is 10. The summed E-state index contributed by atoms with van der Waals surface area (Å²) in [4.78, 5) is 48.4. The van der Waals surface area contributed by atoms with E-state index in [1.54, 1.807) is 29.1 Å². The van der Waals surface area contributed by atoms with E-state index in [2.05, 4.69) is 11.9 Å². The first kappa shape index (κ1) is 24.0. The molecule has 9 nitrogen and oxygen atoms in total. The molecule has 1 aliphatic rings. The molecule has 0 bridgehead atoms. The average molecular weight is 485 g/mol. The number of aromatic nitrogens is 3. The van der Waals surface area contributed by atoms with E-state index in [1.807, 2.05) is 11.8 Å². The highest BCUT2D eigenvalue weighted by Crippen LogP contribution is 2.30. The number of fused-ring (bicyclic) bond motifs is 1. The number of hydrogen-bond acceptors (Lipinski definition) is 8. The average Bonchev–Trinajstić information content (AvgIpc) is 3.30. The van der Waals surface area contributed by atoms with E-state index in [9.17, 15) is 19.5 Å². The van der Waals surface area contributed by atoms with Crippen LogP contribution in [0.1, 0.15) is 42.6 Å². The molecule has 1 atom stereocenters. The third-order valence-electron chi connectivity index (χ3n) is 6.28. The molecular formula is C24H28N4O5S. The van der Waals surface area contributed by atoms with Gasteiger partial charge < -0.3 is 14.7 Å². The molecule has 3 aromatic heterocycles. The third-order valence-corrected chi connectivity index (χ3v) is 7.05. The lowest BCUT2D eigenvalue weighted by atomic mass is 9.88. The number of carbonyl (C=O) groups excluding carboxylic acids is 1. The van der Waals surface area contributed by atoms with E-state index in [4.69, 9.17) is 9.72 Å². The van der Waals surface area contributed by atoms with E-state index in [1.165, 1.54) is 17.5 Å². The Morgan fingerprint density at radius 1 is 1.32 bits per heavy atom. The second kappa shape index (κ2) is 10.0. The van der Waals surface area contributed by atoms with Gasteiger partial charge in [0.15, 0.2) is 10.8 Å². The predicted molar refractivity (Wildman–Crippen MR) is 130 cm³/mol. The van der Waals surface area contributed by atoms with Crippen molar-refractivity contribution in [1.82, 2.24) is 14.5 Å². The quantitative estimate of drug-likeness (QED) is 0.466. The fourth-order valence-electron chi connectivity index (χ4n) is 4.20. The second-order valence-corrected chi connectivity index (χ2v) is 9.44. The standard InChI is InChI=1S/C24H28N4O5S/c1-4-15(13-33-5-2)9-18(29)16-10-27(11-16)19-8-14(3)20-21(30)17(23(31)32)12-28(22(20)26-19)24-25-6-7-34-24/h6-8,12,15-16H,4-5,9-11,13H2,1-3H3,(H,31,32)/t15-/m0/s1. The van der Waals surface area contributed by atoms with Crippen molar-refractivity contribution in [3.8, 4) is 5.13 Å². The number of aryl methyl sites for hydroxylation is 1. The van der Waals surface area contributed by atoms with Crippen LogP contribution in [0.4, 0.5) is 5.82 Å². The SMILES string of the molecule is CCOC[C@@H](CC)CC(=O)C1CN(c2cc(C)c3c(=O)c(C(=O)O)cn(-c4nccs4)c3n2)C1. The first-order valence-electron chi connectivity index (χ1n) is 11.4. The Kier molecular flexibility index (Phi) is 7.08. The minimum Gasteiger partial charge on any atom is -0.477 e. The number of hydrogen-bond donors (Lipinski definition) is 1. The summed E-state index contributed by atoms with van der Waals surface area (Å²) in [6.07, 6.45) is 4.32. The van der Waals surface area contributed by atoms with Crippen molar-refractivity contribution < 1.29 is 19.4 Å². The number of carbonyl (C=O) groups is 2. The molecule has 3 aromatic rings. The van der Waals surface area contributed by atoms with E-state index < -0.39 is 11.4 Å². The van der Waals surface area contributed by atoms with Gasteiger partial charge in [-0.1, -0.05) is 13.3 Å². The first-order valence-corrected chi connectivity index (χ1v) is 12.3. The normalized spacial score (nSPS) is 14.9. The molecule has 0 amide bonds. The molecular weight excluding hydrogens is 456 g/mol. The number of aromatic carboxylic acids is 1. The summed E-state index contributed by atoms with van der Waals surface area (Å²) in [5.74, 6) is -0.212. The largest absolute Gasteiger partial charge is 0.477 e. The van der Waals surface area contributed by atoms with Crippen LogP contribution in [0.2, 0.25) is 0 Å². The molecule has 34 heavy (non-hydrogen) atoms. The van der Waals surface area contributed by atoms with E-state index >= 15 is 0 Å². The maximum absolute atomic E-state index is 12.9. The fraction of sp³-hybridized carbons (Fsp3) is 0.458. The van der Waals surface area contributed by atoms with Gasteiger partial charge in [0.05, 0.1) is 11.3 Å². The molecule has 0 spiro atoms. The maximum Gasteiger partial charge on any atom is 0.341 e. The van der Waals surface area contributed by atoms with Crippen LogP contribution in [0.15, 0.2) is 28.6 Å². The van der Waals surface area contributed by atoms with Crippen molar-refractivity contribution in [2.24, 2.45) is 11.8 Å². The Labute approximate surface area is 201 Å². The van der Waals surface area contributed by atoms with Gasteiger partial charge in [0.25, 0.3) is 0 Å². The van der Waals surface area contributed by atoms with Crippen LogP contribution in [0.3, 0.4) is 0 Å². The molecule has 0 radical (unpaired) electrons. The number of carboxylic acids is 1. The number of Topliss-reactive ketones (excluding diaryl/α,β-unsaturated/α-hetero) is 1. The molecule has 1 aliphatic heterocycles. The van der Waals surface area contributed by atoms with Crippen LogP contribution in [-0.2, 0) is 9.53 Å². The molecule has 0 saturated carbocycles. The van der Waals surface area contributed by atoms with Crippen LogP contribution >= 0.6 is 11.3 Å². The van der Waals surface area contributed by atoms with Gasteiger partial charge in [-0.2, -0.15) is 0 Å². The van der Waals surface area contributed by atoms with Gasteiger partial charge in [-0.25, -0.2) is 14.8 Å². The number of carboxylic acid groups (broad SMARTS) is 1. The van der Waals surface area contributed by atoms with Crippen molar-refractivity contribution in [2.75, 3.05) is 31.2 Å². The highest BCUT2D eigenvalue weighted by Gasteiger charge is 2.34. The van der Waals surface area contributed by atoms with Crippen LogP contribution in [0.5, 0.6) is 0 Å². The highest BCUT2D eigenvalue weighted by molar-refractivity contribution is 7.12. The molecule has 0 aromatic carbocycles. The molecule has 1 N–H and O–H groups in total. The Balaban J connectivity index is 1.62. The molecule has 4 heterocycles. The van der Waals surface area contributed by atoms with Crippen LogP contribution in [0.25, 0.3) is 16.2 Å². The Hall–Kier alpha value is -3.11. The summed E-state index contributed by atoms with van der Waals surface area (Å²) >= 11 is 1.32. The Morgan fingerprint density at radius 2 is 2.09 bits per heavy atom. The molecule has 1 fully saturated rings. The van der Waals surface area contributed by atoms with Crippen molar-refractivity contribution in [3.05, 3.63) is 45.2 Å². The van der Waals surface area contributed by atoms with Crippen LogP contribution in [-0.4, -0.2) is 57.7 Å². The lowest BCUT2D eigenvalue weighted by Crippen LogP contribution is -2.51. The topological polar surface area (TPSA) is 115 Å². The van der Waals surface area contributed by atoms with Crippen molar-refractivity contribution in [2.45, 2.75) is 33.6 Å². The zero-order chi connectivity index (χ0) is 24.4. The van der Waals surface area contributed by atoms with Gasteiger partial charge in [-0.3, -0.25) is 14.2 Å². The van der Waals surface area contributed by atoms with Crippen LogP contribution in [0, 0.1) is 18.8 Å². The summed E-state index contributed by atoms with van der Waals surface area (Å²) in [5.41, 5.74) is 0.101. The Bertz CT molecular complexity index is 1260. The van der Waals surface area contributed by atoms with Gasteiger partial charge in [0.1, 0.15) is 17.2 Å². The smallest absolute Gasteiger partial charge is 0.341 e. The van der Waals surface area contributed by atoms with Gasteiger partial charge in [-0.05, 0) is 31.4 Å².